The Bertz CT molecular complexity index is 738. The third-order valence-corrected chi connectivity index (χ3v) is 5.53. The fourth-order valence-electron chi connectivity index (χ4n) is 3.04. The van der Waals surface area contributed by atoms with Crippen molar-refractivity contribution >= 4 is 17.3 Å². The maximum absolute atomic E-state index is 5.13. The van der Waals surface area contributed by atoms with Crippen LogP contribution in [0.4, 0.5) is 0 Å². The van der Waals surface area contributed by atoms with E-state index in [0.29, 0.717) is 19.2 Å². The van der Waals surface area contributed by atoms with E-state index < -0.39 is 0 Å². The highest BCUT2D eigenvalue weighted by Gasteiger charge is 2.22. The van der Waals surface area contributed by atoms with Crippen molar-refractivity contribution in [2.45, 2.75) is 58.8 Å². The number of fused-ring (bicyclic) bond motifs is 1. The molecule has 26 heavy (non-hydrogen) atoms. The number of aromatic nitrogens is 3. The van der Waals surface area contributed by atoms with Crippen LogP contribution >= 0.6 is 11.3 Å². The molecule has 1 aliphatic rings. The number of nitrogens with zero attached hydrogens (tertiary/aromatic N) is 4. The Morgan fingerprint density at radius 2 is 2.23 bits per heavy atom. The molecule has 0 aromatic carbocycles. The van der Waals surface area contributed by atoms with E-state index in [0.717, 1.165) is 50.0 Å². The van der Waals surface area contributed by atoms with E-state index in [1.165, 1.54) is 9.75 Å². The summed E-state index contributed by atoms with van der Waals surface area (Å²) in [4.78, 5) is 12.0. The summed E-state index contributed by atoms with van der Waals surface area (Å²) in [6.07, 6.45) is 3.02. The van der Waals surface area contributed by atoms with Gasteiger partial charge in [0.15, 0.2) is 11.8 Å². The molecule has 1 unspecified atom stereocenters. The highest BCUT2D eigenvalue weighted by molar-refractivity contribution is 7.11. The van der Waals surface area contributed by atoms with Crippen LogP contribution in [0.25, 0.3) is 0 Å². The molecule has 2 aromatic heterocycles. The lowest BCUT2D eigenvalue weighted by Crippen LogP contribution is -2.47. The first kappa shape index (κ1) is 18.8. The number of hydrogen-bond acceptors (Lipinski definition) is 5. The summed E-state index contributed by atoms with van der Waals surface area (Å²) in [6.45, 7) is 7.09. The van der Waals surface area contributed by atoms with E-state index in [1.807, 2.05) is 16.0 Å². The summed E-state index contributed by atoms with van der Waals surface area (Å²) in [5.74, 6) is 2.67. The summed E-state index contributed by atoms with van der Waals surface area (Å²) in [5, 5.41) is 11.4. The van der Waals surface area contributed by atoms with Crippen LogP contribution in [-0.2, 0) is 37.3 Å². The molecule has 8 heteroatoms. The van der Waals surface area contributed by atoms with Gasteiger partial charge in [0.25, 0.3) is 0 Å². The normalized spacial score (nSPS) is 17.2. The predicted octanol–water partition coefficient (Wildman–Crippen LogP) is 2.12. The molecule has 0 spiro atoms. The van der Waals surface area contributed by atoms with Gasteiger partial charge in [-0.05, 0) is 31.9 Å². The van der Waals surface area contributed by atoms with Gasteiger partial charge in [0.1, 0.15) is 12.4 Å². The van der Waals surface area contributed by atoms with Gasteiger partial charge in [-0.1, -0.05) is 6.92 Å². The standard InChI is InChI=1S/C18H28N6OS/c1-4-14-7-8-15(26-14)10-20-18(19-5-2)21-13-6-9-17-22-16(12-25-3)23-24(17)11-13/h7-8,13H,4-6,9-12H2,1-3H3,(H2,19,20,21). The van der Waals surface area contributed by atoms with E-state index >= 15 is 0 Å². The maximum Gasteiger partial charge on any atom is 0.191 e. The van der Waals surface area contributed by atoms with Crippen LogP contribution in [0.15, 0.2) is 17.1 Å². The number of guanidine groups is 1. The number of hydrogen-bond donors (Lipinski definition) is 2. The molecular weight excluding hydrogens is 348 g/mol. The molecule has 0 saturated heterocycles. The fraction of sp³-hybridized carbons (Fsp3) is 0.611. The SMILES string of the molecule is CCNC(=NCc1ccc(CC)s1)NC1CCc2nc(COC)nn2C1. The van der Waals surface area contributed by atoms with E-state index in [1.54, 1.807) is 7.11 Å². The van der Waals surface area contributed by atoms with Crippen molar-refractivity contribution in [2.75, 3.05) is 13.7 Å². The van der Waals surface area contributed by atoms with Crippen molar-refractivity contribution < 1.29 is 4.74 Å². The Kier molecular flexibility index (Phi) is 6.62. The van der Waals surface area contributed by atoms with E-state index in [9.17, 15) is 0 Å². The number of ether oxygens (including phenoxy) is 1. The van der Waals surface area contributed by atoms with Gasteiger partial charge in [-0.3, -0.25) is 0 Å². The Morgan fingerprint density at radius 3 is 2.96 bits per heavy atom. The summed E-state index contributed by atoms with van der Waals surface area (Å²) in [6, 6.07) is 4.67. The molecule has 1 aliphatic heterocycles. The van der Waals surface area contributed by atoms with Crippen molar-refractivity contribution in [2.24, 2.45) is 4.99 Å². The first-order valence-corrected chi connectivity index (χ1v) is 10.1. The van der Waals surface area contributed by atoms with Gasteiger partial charge in [0.2, 0.25) is 0 Å². The highest BCUT2D eigenvalue weighted by atomic mass is 32.1. The average molecular weight is 377 g/mol. The Hall–Kier alpha value is -1.93. The summed E-state index contributed by atoms with van der Waals surface area (Å²) < 4.78 is 7.12. The predicted molar refractivity (Wildman–Crippen MR) is 104 cm³/mol. The summed E-state index contributed by atoms with van der Waals surface area (Å²) in [5.41, 5.74) is 0. The molecular formula is C18H28N6OS. The molecule has 2 aromatic rings. The molecule has 3 heterocycles. The van der Waals surface area contributed by atoms with Crippen molar-refractivity contribution in [1.29, 1.82) is 0 Å². The van der Waals surface area contributed by atoms with Crippen LogP contribution in [0, 0.1) is 0 Å². The summed E-state index contributed by atoms with van der Waals surface area (Å²) in [7, 11) is 1.67. The minimum atomic E-state index is 0.298. The maximum atomic E-state index is 5.13. The van der Waals surface area contributed by atoms with Gasteiger partial charge in [-0.2, -0.15) is 5.10 Å². The zero-order valence-electron chi connectivity index (χ0n) is 15.8. The molecule has 2 N–H and O–H groups in total. The molecule has 0 fully saturated rings. The van der Waals surface area contributed by atoms with E-state index in [4.69, 9.17) is 9.73 Å². The Balaban J connectivity index is 1.61. The van der Waals surface area contributed by atoms with Crippen molar-refractivity contribution in [1.82, 2.24) is 25.4 Å². The molecule has 3 rings (SSSR count). The number of thiophene rings is 1. The second-order valence-electron chi connectivity index (χ2n) is 6.36. The second kappa shape index (κ2) is 9.14. The van der Waals surface area contributed by atoms with Crippen LogP contribution in [-0.4, -0.2) is 40.4 Å². The van der Waals surface area contributed by atoms with Gasteiger partial charge >= 0.3 is 0 Å². The lowest BCUT2D eigenvalue weighted by molar-refractivity contribution is 0.177. The molecule has 1 atom stereocenters. The number of methoxy groups -OCH3 is 1. The Labute approximate surface area is 158 Å². The van der Waals surface area contributed by atoms with E-state index in [2.05, 4.69) is 46.7 Å². The monoisotopic (exact) mass is 376 g/mol. The van der Waals surface area contributed by atoms with Crippen LogP contribution < -0.4 is 10.6 Å². The van der Waals surface area contributed by atoms with Gasteiger partial charge in [0.05, 0.1) is 13.1 Å². The molecule has 0 bridgehead atoms. The molecule has 0 radical (unpaired) electrons. The van der Waals surface area contributed by atoms with Crippen molar-refractivity contribution in [3.63, 3.8) is 0 Å². The zero-order valence-corrected chi connectivity index (χ0v) is 16.6. The lowest BCUT2D eigenvalue weighted by atomic mass is 10.1. The lowest BCUT2D eigenvalue weighted by Gasteiger charge is -2.25. The molecule has 0 amide bonds. The number of rotatable bonds is 7. The fourth-order valence-corrected chi connectivity index (χ4v) is 3.92. The van der Waals surface area contributed by atoms with Crippen LogP contribution in [0.3, 0.4) is 0 Å². The van der Waals surface area contributed by atoms with Crippen LogP contribution in [0.2, 0.25) is 0 Å². The smallest absolute Gasteiger partial charge is 0.191 e. The number of aliphatic imine (C=N–C) groups is 1. The highest BCUT2D eigenvalue weighted by Crippen LogP contribution is 2.18. The largest absolute Gasteiger partial charge is 0.377 e. The molecule has 0 saturated carbocycles. The third kappa shape index (κ3) is 4.82. The minimum absolute atomic E-state index is 0.298. The van der Waals surface area contributed by atoms with Crippen molar-refractivity contribution in [3.05, 3.63) is 33.5 Å². The first-order valence-electron chi connectivity index (χ1n) is 9.25. The van der Waals surface area contributed by atoms with E-state index in [-0.39, 0.29) is 0 Å². The van der Waals surface area contributed by atoms with Gasteiger partial charge in [-0.15, -0.1) is 11.3 Å². The quantitative estimate of drug-likeness (QED) is 0.572. The van der Waals surface area contributed by atoms with Crippen molar-refractivity contribution in [3.8, 4) is 0 Å². The first-order chi connectivity index (χ1) is 12.7. The van der Waals surface area contributed by atoms with Gasteiger partial charge in [0, 0.05) is 35.9 Å². The number of aryl methyl sites for hydroxylation is 2. The topological polar surface area (TPSA) is 76.4 Å². The molecule has 0 aliphatic carbocycles. The minimum Gasteiger partial charge on any atom is -0.377 e. The second-order valence-corrected chi connectivity index (χ2v) is 7.61. The average Bonchev–Trinajstić information content (AvgIpc) is 3.26. The molecule has 7 nitrogen and oxygen atoms in total. The third-order valence-electron chi connectivity index (χ3n) is 4.32. The van der Waals surface area contributed by atoms with Gasteiger partial charge < -0.3 is 15.4 Å². The van der Waals surface area contributed by atoms with Crippen LogP contribution in [0.5, 0.6) is 0 Å². The Morgan fingerprint density at radius 1 is 1.38 bits per heavy atom. The number of nitrogens with one attached hydrogen (secondary N) is 2. The zero-order chi connectivity index (χ0) is 18.4. The van der Waals surface area contributed by atoms with Gasteiger partial charge in [-0.25, -0.2) is 14.7 Å². The van der Waals surface area contributed by atoms with Crippen LogP contribution in [0.1, 0.15) is 41.7 Å². The summed E-state index contributed by atoms with van der Waals surface area (Å²) >= 11 is 1.84. The molecule has 142 valence electrons.